The lowest BCUT2D eigenvalue weighted by Crippen LogP contribution is -2.41. The van der Waals surface area contributed by atoms with E-state index in [1.807, 2.05) is 23.8 Å². The van der Waals surface area contributed by atoms with E-state index in [4.69, 9.17) is 0 Å². The van der Waals surface area contributed by atoms with Gasteiger partial charge < -0.3 is 9.47 Å². The molecule has 1 aliphatic carbocycles. The zero-order valence-electron chi connectivity index (χ0n) is 13.9. The highest BCUT2D eigenvalue weighted by molar-refractivity contribution is 7.10. The molecule has 0 aromatic carbocycles. The fourth-order valence-corrected chi connectivity index (χ4v) is 4.25. The summed E-state index contributed by atoms with van der Waals surface area (Å²) in [5.41, 5.74) is 0. The SMILES string of the molecule is O=C(Cc1cccs1)N1CCCC(Cc2nncn2CC2CC2)C1. The summed E-state index contributed by atoms with van der Waals surface area (Å²) < 4.78 is 2.23. The summed E-state index contributed by atoms with van der Waals surface area (Å²) in [6.45, 7) is 2.83. The quantitative estimate of drug-likeness (QED) is 0.810. The number of thiophene rings is 1. The van der Waals surface area contributed by atoms with Crippen LogP contribution in [0, 0.1) is 11.8 Å². The molecule has 128 valence electrons. The second kappa shape index (κ2) is 7.05. The molecule has 24 heavy (non-hydrogen) atoms. The Hall–Kier alpha value is -1.69. The number of nitrogens with zero attached hydrogens (tertiary/aromatic N) is 4. The maximum absolute atomic E-state index is 12.5. The fraction of sp³-hybridized carbons (Fsp3) is 0.611. The van der Waals surface area contributed by atoms with Gasteiger partial charge >= 0.3 is 0 Å². The van der Waals surface area contributed by atoms with E-state index in [0.717, 1.165) is 49.1 Å². The van der Waals surface area contributed by atoms with Crippen LogP contribution in [0.2, 0.25) is 0 Å². The maximum Gasteiger partial charge on any atom is 0.227 e. The lowest BCUT2D eigenvalue weighted by Gasteiger charge is -2.32. The average molecular weight is 344 g/mol. The minimum atomic E-state index is 0.265. The van der Waals surface area contributed by atoms with Crippen molar-refractivity contribution in [2.45, 2.75) is 45.1 Å². The van der Waals surface area contributed by atoms with Crippen LogP contribution in [0.25, 0.3) is 0 Å². The van der Waals surface area contributed by atoms with Crippen LogP contribution in [0.3, 0.4) is 0 Å². The Labute approximate surface area is 146 Å². The predicted octanol–water partition coefficient (Wildman–Crippen LogP) is 2.77. The third kappa shape index (κ3) is 3.86. The zero-order chi connectivity index (χ0) is 16.4. The van der Waals surface area contributed by atoms with Crippen molar-refractivity contribution in [2.24, 2.45) is 11.8 Å². The van der Waals surface area contributed by atoms with Crippen molar-refractivity contribution in [2.75, 3.05) is 13.1 Å². The third-order valence-corrected chi connectivity index (χ3v) is 5.97. The summed E-state index contributed by atoms with van der Waals surface area (Å²) in [4.78, 5) is 15.7. The Morgan fingerprint density at radius 2 is 2.21 bits per heavy atom. The number of hydrogen-bond donors (Lipinski definition) is 0. The molecule has 2 aliphatic rings. The highest BCUT2D eigenvalue weighted by Crippen LogP contribution is 2.31. The smallest absolute Gasteiger partial charge is 0.227 e. The molecule has 0 N–H and O–H groups in total. The van der Waals surface area contributed by atoms with E-state index in [1.54, 1.807) is 11.3 Å². The van der Waals surface area contributed by atoms with Crippen molar-refractivity contribution in [3.63, 3.8) is 0 Å². The van der Waals surface area contributed by atoms with E-state index in [2.05, 4.69) is 19.7 Å². The summed E-state index contributed by atoms with van der Waals surface area (Å²) in [7, 11) is 0. The number of amides is 1. The van der Waals surface area contributed by atoms with Crippen LogP contribution in [0.4, 0.5) is 0 Å². The van der Waals surface area contributed by atoms with E-state index < -0.39 is 0 Å². The van der Waals surface area contributed by atoms with Crippen LogP contribution in [0.15, 0.2) is 23.8 Å². The fourth-order valence-electron chi connectivity index (χ4n) is 3.56. The van der Waals surface area contributed by atoms with E-state index in [1.165, 1.54) is 19.3 Å². The van der Waals surface area contributed by atoms with Crippen LogP contribution in [-0.4, -0.2) is 38.7 Å². The second-order valence-electron chi connectivity index (χ2n) is 7.15. The molecule has 6 heteroatoms. The first kappa shape index (κ1) is 15.8. The van der Waals surface area contributed by atoms with Gasteiger partial charge in [0, 0.05) is 30.9 Å². The van der Waals surface area contributed by atoms with Gasteiger partial charge in [0.1, 0.15) is 12.2 Å². The van der Waals surface area contributed by atoms with Crippen LogP contribution >= 0.6 is 11.3 Å². The molecule has 2 fully saturated rings. The molecule has 0 radical (unpaired) electrons. The van der Waals surface area contributed by atoms with Gasteiger partial charge in [0.25, 0.3) is 0 Å². The highest BCUT2D eigenvalue weighted by atomic mass is 32.1. The molecule has 3 heterocycles. The van der Waals surface area contributed by atoms with Gasteiger partial charge in [-0.25, -0.2) is 0 Å². The lowest BCUT2D eigenvalue weighted by molar-refractivity contribution is -0.132. The first-order valence-corrected chi connectivity index (χ1v) is 9.82. The predicted molar refractivity (Wildman–Crippen MR) is 93.8 cm³/mol. The van der Waals surface area contributed by atoms with Crippen LogP contribution in [-0.2, 0) is 24.2 Å². The van der Waals surface area contributed by atoms with Crippen LogP contribution in [0.1, 0.15) is 36.4 Å². The Balaban J connectivity index is 1.34. The molecule has 1 amide bonds. The third-order valence-electron chi connectivity index (χ3n) is 5.10. The molecule has 5 nitrogen and oxygen atoms in total. The normalized spacial score (nSPS) is 21.2. The van der Waals surface area contributed by atoms with Crippen molar-refractivity contribution in [1.29, 1.82) is 0 Å². The molecule has 0 bridgehead atoms. The maximum atomic E-state index is 12.5. The van der Waals surface area contributed by atoms with Gasteiger partial charge in [-0.3, -0.25) is 4.79 Å². The summed E-state index contributed by atoms with van der Waals surface area (Å²) in [5.74, 6) is 2.70. The molecule has 4 rings (SSSR count). The largest absolute Gasteiger partial charge is 0.342 e. The summed E-state index contributed by atoms with van der Waals surface area (Å²) >= 11 is 1.66. The summed E-state index contributed by atoms with van der Waals surface area (Å²) in [6.07, 6.45) is 8.31. The minimum absolute atomic E-state index is 0.265. The number of piperidine rings is 1. The Morgan fingerprint density at radius 3 is 3.00 bits per heavy atom. The van der Waals surface area contributed by atoms with E-state index in [9.17, 15) is 4.79 Å². The number of likely N-dealkylation sites (tertiary alicyclic amines) is 1. The Bertz CT molecular complexity index is 677. The van der Waals surface area contributed by atoms with Gasteiger partial charge in [0.15, 0.2) is 0 Å². The number of aromatic nitrogens is 3. The van der Waals surface area contributed by atoms with Crippen molar-refractivity contribution < 1.29 is 4.79 Å². The molecule has 1 atom stereocenters. The summed E-state index contributed by atoms with van der Waals surface area (Å²) in [5, 5.41) is 10.5. The van der Waals surface area contributed by atoms with E-state index in [-0.39, 0.29) is 5.91 Å². The number of rotatable bonds is 6. The van der Waals surface area contributed by atoms with Gasteiger partial charge in [0.05, 0.1) is 6.42 Å². The summed E-state index contributed by atoms with van der Waals surface area (Å²) in [6, 6.07) is 4.06. The molecule has 1 saturated carbocycles. The molecule has 1 unspecified atom stereocenters. The Kier molecular flexibility index (Phi) is 4.65. The average Bonchev–Trinajstić information content (AvgIpc) is 3.06. The van der Waals surface area contributed by atoms with Crippen molar-refractivity contribution >= 4 is 17.2 Å². The molecular weight excluding hydrogens is 320 g/mol. The lowest BCUT2D eigenvalue weighted by atomic mass is 9.94. The molecule has 1 aliphatic heterocycles. The first-order valence-electron chi connectivity index (χ1n) is 8.95. The molecule has 2 aromatic rings. The van der Waals surface area contributed by atoms with Crippen molar-refractivity contribution in [1.82, 2.24) is 19.7 Å². The molecule has 0 spiro atoms. The first-order chi connectivity index (χ1) is 11.8. The highest BCUT2D eigenvalue weighted by Gasteiger charge is 2.27. The minimum Gasteiger partial charge on any atom is -0.342 e. The monoisotopic (exact) mass is 344 g/mol. The van der Waals surface area contributed by atoms with Crippen molar-refractivity contribution in [3.8, 4) is 0 Å². The second-order valence-corrected chi connectivity index (χ2v) is 8.18. The van der Waals surface area contributed by atoms with E-state index >= 15 is 0 Å². The molecule has 2 aromatic heterocycles. The topological polar surface area (TPSA) is 51.0 Å². The van der Waals surface area contributed by atoms with Gasteiger partial charge in [-0.05, 0) is 49.0 Å². The number of hydrogen-bond acceptors (Lipinski definition) is 4. The zero-order valence-corrected chi connectivity index (χ0v) is 14.7. The number of carbonyl (C=O) groups excluding carboxylic acids is 1. The number of carbonyl (C=O) groups is 1. The van der Waals surface area contributed by atoms with Gasteiger partial charge in [-0.2, -0.15) is 0 Å². The Morgan fingerprint density at radius 1 is 1.29 bits per heavy atom. The van der Waals surface area contributed by atoms with Gasteiger partial charge in [0.2, 0.25) is 5.91 Å². The van der Waals surface area contributed by atoms with Gasteiger partial charge in [-0.1, -0.05) is 6.07 Å². The molecular formula is C18H24N4OS. The standard InChI is InChI=1S/C18H24N4OS/c23-18(10-16-4-2-8-24-16)21-7-1-3-15(12-21)9-17-20-19-13-22(17)11-14-5-6-14/h2,4,8,13-15H,1,3,5-7,9-12H2. The van der Waals surface area contributed by atoms with Gasteiger partial charge in [-0.15, -0.1) is 21.5 Å². The van der Waals surface area contributed by atoms with Crippen LogP contribution < -0.4 is 0 Å². The molecule has 1 saturated heterocycles. The van der Waals surface area contributed by atoms with Crippen LogP contribution in [0.5, 0.6) is 0 Å². The van der Waals surface area contributed by atoms with E-state index in [0.29, 0.717) is 12.3 Å². The van der Waals surface area contributed by atoms with Crippen molar-refractivity contribution in [3.05, 3.63) is 34.5 Å².